The number of carbonyl (C=O) groups is 1. The Morgan fingerprint density at radius 3 is 2.41 bits per heavy atom. The first kappa shape index (κ1) is 17.9. The molecule has 27 heavy (non-hydrogen) atoms. The van der Waals surface area contributed by atoms with Gasteiger partial charge in [0.25, 0.3) is 5.69 Å². The van der Waals surface area contributed by atoms with E-state index < -0.39 is 32.8 Å². The molecular weight excluding hydrogens is 356 g/mol. The summed E-state index contributed by atoms with van der Waals surface area (Å²) in [5.41, 5.74) is 5.55. The molecule has 0 radical (unpaired) electrons. The highest BCUT2D eigenvalue weighted by Gasteiger charge is 2.24. The SMILES string of the molecule is O=C1C(O)=C(NNc2ccc([N+](=O)[O-])cc2[N+](=O)[O-])CCc2ccccc21. The second kappa shape index (κ2) is 7.12. The molecule has 2 aromatic carbocycles. The summed E-state index contributed by atoms with van der Waals surface area (Å²) in [7, 11) is 0. The normalized spacial score (nSPS) is 13.6. The van der Waals surface area contributed by atoms with Crippen molar-refractivity contribution in [3.63, 3.8) is 0 Å². The highest BCUT2D eigenvalue weighted by Crippen LogP contribution is 2.29. The van der Waals surface area contributed by atoms with Crippen LogP contribution in [0.25, 0.3) is 0 Å². The standard InChI is InChI=1S/C17H14N4O6/c22-16-12-4-2-1-3-10(12)5-7-14(17(16)23)19-18-13-8-6-11(20(24)25)9-15(13)21(26)27/h1-4,6,8-9,18-19,23H,5,7H2. The van der Waals surface area contributed by atoms with E-state index >= 15 is 0 Å². The number of aliphatic hydroxyl groups is 1. The van der Waals surface area contributed by atoms with Gasteiger partial charge in [-0.2, -0.15) is 0 Å². The summed E-state index contributed by atoms with van der Waals surface area (Å²) >= 11 is 0. The maximum absolute atomic E-state index is 12.4. The minimum Gasteiger partial charge on any atom is -0.503 e. The number of nitrogens with one attached hydrogen (secondary N) is 2. The van der Waals surface area contributed by atoms with E-state index in [2.05, 4.69) is 10.9 Å². The van der Waals surface area contributed by atoms with E-state index in [4.69, 9.17) is 0 Å². The third-order valence-corrected chi connectivity index (χ3v) is 4.14. The van der Waals surface area contributed by atoms with Gasteiger partial charge in [0.05, 0.1) is 21.6 Å². The summed E-state index contributed by atoms with van der Waals surface area (Å²) in [4.78, 5) is 32.8. The van der Waals surface area contributed by atoms with Gasteiger partial charge in [-0.1, -0.05) is 24.3 Å². The zero-order valence-electron chi connectivity index (χ0n) is 13.8. The van der Waals surface area contributed by atoms with Crippen LogP contribution in [-0.2, 0) is 6.42 Å². The first-order valence-electron chi connectivity index (χ1n) is 7.88. The molecule has 0 heterocycles. The molecular formula is C17H14N4O6. The number of benzene rings is 2. The Kier molecular flexibility index (Phi) is 4.71. The van der Waals surface area contributed by atoms with E-state index in [1.165, 1.54) is 6.07 Å². The predicted molar refractivity (Wildman–Crippen MR) is 95.3 cm³/mol. The van der Waals surface area contributed by atoms with Crippen LogP contribution in [0.15, 0.2) is 53.9 Å². The molecule has 0 unspecified atom stereocenters. The quantitative estimate of drug-likeness (QED) is 0.537. The molecule has 0 saturated carbocycles. The molecule has 2 aromatic rings. The number of non-ortho nitro benzene ring substituents is 1. The lowest BCUT2D eigenvalue weighted by Crippen LogP contribution is -2.24. The van der Waals surface area contributed by atoms with Crippen molar-refractivity contribution in [2.75, 3.05) is 5.43 Å². The molecule has 10 nitrogen and oxygen atoms in total. The van der Waals surface area contributed by atoms with Crippen molar-refractivity contribution in [2.24, 2.45) is 0 Å². The first-order chi connectivity index (χ1) is 12.9. The monoisotopic (exact) mass is 370 g/mol. The molecule has 0 aromatic heterocycles. The fourth-order valence-electron chi connectivity index (χ4n) is 2.76. The van der Waals surface area contributed by atoms with Crippen LogP contribution in [-0.4, -0.2) is 20.7 Å². The fraction of sp³-hybridized carbons (Fsp3) is 0.118. The Morgan fingerprint density at radius 1 is 0.963 bits per heavy atom. The molecule has 0 amide bonds. The van der Waals surface area contributed by atoms with Gasteiger partial charge >= 0.3 is 5.69 Å². The Hall–Kier alpha value is -3.95. The number of nitrogens with zero attached hydrogens (tertiary/aromatic N) is 2. The minimum absolute atomic E-state index is 0.0416. The molecule has 10 heteroatoms. The van der Waals surface area contributed by atoms with Crippen molar-refractivity contribution in [3.8, 4) is 0 Å². The number of nitro benzene ring substituents is 2. The van der Waals surface area contributed by atoms with E-state index in [9.17, 15) is 30.1 Å². The zero-order valence-corrected chi connectivity index (χ0v) is 13.8. The van der Waals surface area contributed by atoms with Crippen molar-refractivity contribution in [1.29, 1.82) is 0 Å². The number of aryl methyl sites for hydroxylation is 1. The number of hydrogen-bond donors (Lipinski definition) is 3. The number of Topliss-reactive ketones (excluding diaryl/α,β-unsaturated/α-hetero) is 1. The van der Waals surface area contributed by atoms with Crippen LogP contribution in [0.5, 0.6) is 0 Å². The molecule has 3 rings (SSSR count). The van der Waals surface area contributed by atoms with Crippen LogP contribution in [0.3, 0.4) is 0 Å². The van der Waals surface area contributed by atoms with E-state index in [1.54, 1.807) is 24.3 Å². The lowest BCUT2D eigenvalue weighted by molar-refractivity contribution is -0.393. The van der Waals surface area contributed by atoms with Crippen molar-refractivity contribution in [1.82, 2.24) is 5.43 Å². The van der Waals surface area contributed by atoms with E-state index in [0.717, 1.165) is 17.7 Å². The van der Waals surface area contributed by atoms with E-state index in [1.807, 2.05) is 0 Å². The number of hydrazine groups is 1. The predicted octanol–water partition coefficient (Wildman–Crippen LogP) is 3.02. The molecule has 0 fully saturated rings. The van der Waals surface area contributed by atoms with Crippen molar-refractivity contribution < 1.29 is 19.7 Å². The van der Waals surface area contributed by atoms with Gasteiger partial charge in [0.2, 0.25) is 5.78 Å². The van der Waals surface area contributed by atoms with E-state index in [0.29, 0.717) is 18.4 Å². The summed E-state index contributed by atoms with van der Waals surface area (Å²) in [5.74, 6) is -1.04. The lowest BCUT2D eigenvalue weighted by Gasteiger charge is -2.13. The van der Waals surface area contributed by atoms with Crippen LogP contribution in [0, 0.1) is 20.2 Å². The number of nitro groups is 2. The van der Waals surface area contributed by atoms with Crippen LogP contribution in [0.2, 0.25) is 0 Å². The number of anilines is 1. The van der Waals surface area contributed by atoms with Crippen molar-refractivity contribution in [2.45, 2.75) is 12.8 Å². The van der Waals surface area contributed by atoms with Crippen LogP contribution in [0.1, 0.15) is 22.3 Å². The Labute approximate surface area is 152 Å². The van der Waals surface area contributed by atoms with Gasteiger partial charge in [0.15, 0.2) is 5.76 Å². The molecule has 0 saturated heterocycles. The average molecular weight is 370 g/mol. The van der Waals surface area contributed by atoms with Crippen LogP contribution >= 0.6 is 0 Å². The highest BCUT2D eigenvalue weighted by molar-refractivity contribution is 6.08. The van der Waals surface area contributed by atoms with Gasteiger partial charge < -0.3 is 10.5 Å². The Bertz CT molecular complexity index is 985. The minimum atomic E-state index is -0.765. The van der Waals surface area contributed by atoms with Gasteiger partial charge in [-0.3, -0.25) is 30.4 Å². The third-order valence-electron chi connectivity index (χ3n) is 4.14. The maximum Gasteiger partial charge on any atom is 0.300 e. The molecule has 1 aliphatic rings. The summed E-state index contributed by atoms with van der Waals surface area (Å²) in [6.45, 7) is 0. The number of allylic oxidation sites excluding steroid dienone is 2. The Balaban J connectivity index is 1.85. The smallest absolute Gasteiger partial charge is 0.300 e. The van der Waals surface area contributed by atoms with Gasteiger partial charge in [0.1, 0.15) is 5.69 Å². The summed E-state index contributed by atoms with van der Waals surface area (Å²) in [5, 5.41) is 32.2. The summed E-state index contributed by atoms with van der Waals surface area (Å²) in [6.07, 6.45) is 0.778. The maximum atomic E-state index is 12.4. The van der Waals surface area contributed by atoms with Crippen molar-refractivity contribution in [3.05, 3.63) is 85.3 Å². The fourth-order valence-corrected chi connectivity index (χ4v) is 2.76. The van der Waals surface area contributed by atoms with Gasteiger partial charge in [-0.05, 0) is 24.5 Å². The number of aliphatic hydroxyl groups excluding tert-OH is 1. The van der Waals surface area contributed by atoms with Gasteiger partial charge in [0, 0.05) is 11.6 Å². The molecule has 138 valence electrons. The van der Waals surface area contributed by atoms with Crippen LogP contribution < -0.4 is 10.9 Å². The summed E-state index contributed by atoms with van der Waals surface area (Å²) < 4.78 is 0. The second-order valence-electron chi connectivity index (χ2n) is 5.78. The molecule has 3 N–H and O–H groups in total. The number of carbonyl (C=O) groups excluding carboxylic acids is 1. The lowest BCUT2D eigenvalue weighted by atomic mass is 10.0. The highest BCUT2D eigenvalue weighted by atomic mass is 16.6. The average Bonchev–Trinajstić information content (AvgIpc) is 2.77. The second-order valence-corrected chi connectivity index (χ2v) is 5.78. The first-order valence-corrected chi connectivity index (χ1v) is 7.88. The third kappa shape index (κ3) is 3.54. The number of rotatable bonds is 5. The van der Waals surface area contributed by atoms with Gasteiger partial charge in [-0.15, -0.1) is 0 Å². The largest absolute Gasteiger partial charge is 0.503 e. The molecule has 0 bridgehead atoms. The number of fused-ring (bicyclic) bond motifs is 1. The summed E-state index contributed by atoms with van der Waals surface area (Å²) in [6, 6.07) is 10.0. The Morgan fingerprint density at radius 2 is 1.70 bits per heavy atom. The molecule has 0 spiro atoms. The number of hydrogen-bond acceptors (Lipinski definition) is 8. The molecule has 1 aliphatic carbocycles. The topological polar surface area (TPSA) is 148 Å². The molecule has 0 aliphatic heterocycles. The van der Waals surface area contributed by atoms with E-state index in [-0.39, 0.29) is 11.4 Å². The van der Waals surface area contributed by atoms with Crippen LogP contribution in [0.4, 0.5) is 17.1 Å². The molecule has 0 atom stereocenters. The van der Waals surface area contributed by atoms with Crippen molar-refractivity contribution >= 4 is 22.8 Å². The van der Waals surface area contributed by atoms with Gasteiger partial charge in [-0.25, -0.2) is 0 Å². The zero-order chi connectivity index (χ0) is 19.6. The number of ketones is 1.